The summed E-state index contributed by atoms with van der Waals surface area (Å²) in [5.74, 6) is -1.06. The summed E-state index contributed by atoms with van der Waals surface area (Å²) in [5.41, 5.74) is 4.02. The highest BCUT2D eigenvalue weighted by atomic mass is 35.5. The van der Waals surface area contributed by atoms with Crippen LogP contribution in [0.1, 0.15) is 23.6 Å². The number of fused-ring (bicyclic) bond motifs is 1. The summed E-state index contributed by atoms with van der Waals surface area (Å²) in [5, 5.41) is 5.74. The first kappa shape index (κ1) is 22.9. The number of aryl methyl sites for hydroxylation is 1. The third kappa shape index (κ3) is 5.48. The first-order valence-electron chi connectivity index (χ1n) is 10.2. The molecule has 2 N–H and O–H groups in total. The van der Waals surface area contributed by atoms with Gasteiger partial charge in [-0.2, -0.15) is 0 Å². The maximum Gasteiger partial charge on any atom is 0.313 e. The molecule has 166 valence electrons. The third-order valence-electron chi connectivity index (χ3n) is 5.53. The second-order valence-corrected chi connectivity index (χ2v) is 8.34. The number of rotatable bonds is 6. The van der Waals surface area contributed by atoms with Crippen LogP contribution in [0.15, 0.2) is 36.4 Å². The van der Waals surface area contributed by atoms with Crippen molar-refractivity contribution in [2.24, 2.45) is 0 Å². The van der Waals surface area contributed by atoms with Crippen LogP contribution in [0.5, 0.6) is 5.75 Å². The summed E-state index contributed by atoms with van der Waals surface area (Å²) in [4.78, 5) is 29.1. The summed E-state index contributed by atoms with van der Waals surface area (Å²) in [6.07, 6.45) is 2.17. The van der Waals surface area contributed by atoms with Crippen molar-refractivity contribution >= 4 is 34.8 Å². The quantitative estimate of drug-likeness (QED) is 0.670. The van der Waals surface area contributed by atoms with Gasteiger partial charge in [0.2, 0.25) is 0 Å². The first-order valence-corrected chi connectivity index (χ1v) is 10.6. The second kappa shape index (κ2) is 10.0. The Balaban J connectivity index is 1.67. The number of benzene rings is 2. The highest BCUT2D eigenvalue weighted by Gasteiger charge is 2.22. The van der Waals surface area contributed by atoms with Crippen LogP contribution in [0.4, 0.5) is 11.4 Å². The van der Waals surface area contributed by atoms with Crippen molar-refractivity contribution in [2.75, 3.05) is 51.6 Å². The molecule has 2 aromatic rings. The number of methoxy groups -OCH3 is 1. The molecule has 31 heavy (non-hydrogen) atoms. The molecule has 0 saturated heterocycles. The fraction of sp³-hybridized carbons (Fsp3) is 0.391. The summed E-state index contributed by atoms with van der Waals surface area (Å²) in [6.45, 7) is 1.37. The fourth-order valence-electron chi connectivity index (χ4n) is 3.84. The van der Waals surface area contributed by atoms with E-state index in [4.69, 9.17) is 16.3 Å². The van der Waals surface area contributed by atoms with Crippen LogP contribution in [0.25, 0.3) is 0 Å². The van der Waals surface area contributed by atoms with Crippen molar-refractivity contribution in [1.29, 1.82) is 0 Å². The van der Waals surface area contributed by atoms with E-state index in [1.165, 1.54) is 18.4 Å². The fourth-order valence-corrected chi connectivity index (χ4v) is 4.01. The maximum atomic E-state index is 12.4. The van der Waals surface area contributed by atoms with Gasteiger partial charge in [-0.3, -0.25) is 9.59 Å². The monoisotopic (exact) mass is 444 g/mol. The van der Waals surface area contributed by atoms with Crippen LogP contribution in [0.3, 0.4) is 0 Å². The lowest BCUT2D eigenvalue weighted by Gasteiger charge is -2.30. The zero-order chi connectivity index (χ0) is 22.5. The molecule has 0 unspecified atom stereocenters. The van der Waals surface area contributed by atoms with Gasteiger partial charge in [0.1, 0.15) is 5.75 Å². The molecule has 0 aliphatic carbocycles. The SMILES string of the molecule is COc1ccc(Cl)cc1NC(=O)C(=O)NC[C@H](c1ccc2c(c1)CCCN2C)N(C)C. The predicted octanol–water partition coefficient (Wildman–Crippen LogP) is 3.09. The van der Waals surface area contributed by atoms with E-state index >= 15 is 0 Å². The molecule has 8 heteroatoms. The van der Waals surface area contributed by atoms with Gasteiger partial charge in [0, 0.05) is 30.8 Å². The number of likely N-dealkylation sites (N-methyl/N-ethyl adjacent to an activating group) is 1. The van der Waals surface area contributed by atoms with Gasteiger partial charge in [0.05, 0.1) is 18.8 Å². The standard InChI is InChI=1S/C23H29ClN4O3/c1-27(2)20(16-7-9-19-15(12-16)6-5-11-28(19)3)14-25-22(29)23(30)26-18-13-17(24)8-10-21(18)31-4/h7-10,12-13,20H,5-6,11,14H2,1-4H3,(H,25,29)(H,26,30)/t20-/m1/s1. The zero-order valence-corrected chi connectivity index (χ0v) is 19.1. The Labute approximate surface area is 188 Å². The Morgan fingerprint density at radius 2 is 1.97 bits per heavy atom. The molecule has 0 saturated carbocycles. The van der Waals surface area contributed by atoms with E-state index in [1.54, 1.807) is 18.2 Å². The highest BCUT2D eigenvalue weighted by Crippen LogP contribution is 2.30. The number of carbonyl (C=O) groups excluding carboxylic acids is 2. The van der Waals surface area contributed by atoms with Crippen molar-refractivity contribution in [3.63, 3.8) is 0 Å². The number of hydrogen-bond donors (Lipinski definition) is 2. The number of carbonyl (C=O) groups is 2. The van der Waals surface area contributed by atoms with Crippen molar-refractivity contribution < 1.29 is 14.3 Å². The average molecular weight is 445 g/mol. The number of hydrogen-bond acceptors (Lipinski definition) is 5. The number of amides is 2. The minimum absolute atomic E-state index is 0.0602. The number of ether oxygens (including phenoxy) is 1. The third-order valence-corrected chi connectivity index (χ3v) is 5.77. The Hall–Kier alpha value is -2.77. The van der Waals surface area contributed by atoms with Gasteiger partial charge < -0.3 is 25.2 Å². The van der Waals surface area contributed by atoms with E-state index in [1.807, 2.05) is 19.0 Å². The predicted molar refractivity (Wildman–Crippen MR) is 124 cm³/mol. The number of nitrogens with one attached hydrogen (secondary N) is 2. The van der Waals surface area contributed by atoms with Gasteiger partial charge in [0.25, 0.3) is 0 Å². The van der Waals surface area contributed by atoms with Crippen LogP contribution in [0.2, 0.25) is 5.02 Å². The van der Waals surface area contributed by atoms with Gasteiger partial charge in [0.15, 0.2) is 0 Å². The largest absolute Gasteiger partial charge is 0.495 e. The van der Waals surface area contributed by atoms with Gasteiger partial charge in [-0.1, -0.05) is 23.7 Å². The molecule has 2 amide bonds. The molecule has 0 aromatic heterocycles. The lowest BCUT2D eigenvalue weighted by Crippen LogP contribution is -2.40. The first-order chi connectivity index (χ1) is 14.8. The maximum absolute atomic E-state index is 12.4. The van der Waals surface area contributed by atoms with Gasteiger partial charge in [-0.25, -0.2) is 0 Å². The summed E-state index contributed by atoms with van der Waals surface area (Å²) in [6, 6.07) is 11.2. The normalized spacial score (nSPS) is 14.1. The molecule has 1 aliphatic heterocycles. The molecule has 7 nitrogen and oxygen atoms in total. The number of halogens is 1. The van der Waals surface area contributed by atoms with E-state index < -0.39 is 11.8 Å². The minimum Gasteiger partial charge on any atom is -0.495 e. The van der Waals surface area contributed by atoms with Gasteiger partial charge in [-0.15, -0.1) is 0 Å². The van der Waals surface area contributed by atoms with Crippen molar-refractivity contribution in [3.8, 4) is 5.75 Å². The van der Waals surface area contributed by atoms with Crippen molar-refractivity contribution in [1.82, 2.24) is 10.2 Å². The molecule has 1 aliphatic rings. The smallest absolute Gasteiger partial charge is 0.313 e. The summed E-state index contributed by atoms with van der Waals surface area (Å²) in [7, 11) is 7.50. The van der Waals surface area contributed by atoms with E-state index in [9.17, 15) is 9.59 Å². The topological polar surface area (TPSA) is 73.9 Å². The number of anilines is 2. The molecule has 1 atom stereocenters. The Morgan fingerprint density at radius 3 is 2.68 bits per heavy atom. The Morgan fingerprint density at radius 1 is 1.19 bits per heavy atom. The van der Waals surface area contributed by atoms with Crippen LogP contribution >= 0.6 is 11.6 Å². The summed E-state index contributed by atoms with van der Waals surface area (Å²) < 4.78 is 5.21. The van der Waals surface area contributed by atoms with Crippen molar-refractivity contribution in [3.05, 3.63) is 52.5 Å². The molecular weight excluding hydrogens is 416 g/mol. The van der Waals surface area contributed by atoms with Gasteiger partial charge in [-0.05, 0) is 62.3 Å². The molecular formula is C23H29ClN4O3. The minimum atomic E-state index is -0.773. The van der Waals surface area contributed by atoms with Crippen molar-refractivity contribution in [2.45, 2.75) is 18.9 Å². The molecule has 0 spiro atoms. The zero-order valence-electron chi connectivity index (χ0n) is 18.4. The molecule has 0 bridgehead atoms. The second-order valence-electron chi connectivity index (χ2n) is 7.90. The Kier molecular flexibility index (Phi) is 7.41. The van der Waals surface area contributed by atoms with E-state index in [0.717, 1.165) is 24.9 Å². The van der Waals surface area contributed by atoms with Gasteiger partial charge >= 0.3 is 11.8 Å². The van der Waals surface area contributed by atoms with E-state index in [0.29, 0.717) is 23.0 Å². The average Bonchev–Trinajstić information content (AvgIpc) is 2.73. The molecule has 0 radical (unpaired) electrons. The number of nitrogens with zero attached hydrogens (tertiary/aromatic N) is 2. The van der Waals surface area contributed by atoms with E-state index in [2.05, 4.69) is 40.8 Å². The van der Waals surface area contributed by atoms with Crippen LogP contribution in [0, 0.1) is 0 Å². The van der Waals surface area contributed by atoms with E-state index in [-0.39, 0.29) is 6.04 Å². The molecule has 3 rings (SSSR count). The van der Waals surface area contributed by atoms with Crippen LogP contribution in [-0.2, 0) is 16.0 Å². The summed E-state index contributed by atoms with van der Waals surface area (Å²) >= 11 is 5.99. The Bertz CT molecular complexity index is 964. The lowest BCUT2D eigenvalue weighted by atomic mass is 9.96. The van der Waals surface area contributed by atoms with Crippen LogP contribution < -0.4 is 20.3 Å². The molecule has 1 heterocycles. The van der Waals surface area contributed by atoms with Crippen LogP contribution in [-0.4, -0.2) is 58.1 Å². The molecule has 2 aromatic carbocycles. The molecule has 0 fully saturated rings. The highest BCUT2D eigenvalue weighted by molar-refractivity contribution is 6.40. The lowest BCUT2D eigenvalue weighted by molar-refractivity contribution is -0.136.